The molecule has 0 bridgehead atoms. The first-order valence-corrected chi connectivity index (χ1v) is 8.79. The van der Waals surface area contributed by atoms with E-state index in [0.29, 0.717) is 5.69 Å². The van der Waals surface area contributed by atoms with E-state index >= 15 is 0 Å². The Balaban J connectivity index is 1.73. The van der Waals surface area contributed by atoms with Crippen molar-refractivity contribution in [3.05, 3.63) is 59.7 Å². The summed E-state index contributed by atoms with van der Waals surface area (Å²) in [5, 5.41) is 16.0. The number of rotatable bonds is 7. The molecule has 1 amide bonds. The van der Waals surface area contributed by atoms with Gasteiger partial charge in [0.05, 0.1) is 43.3 Å². The van der Waals surface area contributed by atoms with Crippen LogP contribution in [-0.2, 0) is 14.3 Å². The quantitative estimate of drug-likeness (QED) is 0.535. The minimum atomic E-state index is -0.694. The Bertz CT molecular complexity index is 1080. The number of anilines is 2. The largest absolute Gasteiger partial charge is 0.465 e. The highest BCUT2D eigenvalue weighted by Gasteiger charge is 2.15. The topological polar surface area (TPSA) is 137 Å². The van der Waals surface area contributed by atoms with Crippen LogP contribution in [0.4, 0.5) is 15.8 Å². The van der Waals surface area contributed by atoms with Crippen LogP contribution in [0.3, 0.4) is 0 Å². The summed E-state index contributed by atoms with van der Waals surface area (Å²) < 4.78 is 24.7. The van der Waals surface area contributed by atoms with Gasteiger partial charge < -0.3 is 20.1 Å². The van der Waals surface area contributed by atoms with Gasteiger partial charge in [0.1, 0.15) is 12.1 Å². The third-order valence-corrected chi connectivity index (χ3v) is 4.06. The van der Waals surface area contributed by atoms with E-state index in [9.17, 15) is 18.8 Å². The fraction of sp³-hybridized carbons (Fsp3) is 0.158. The van der Waals surface area contributed by atoms with Crippen molar-refractivity contribution in [1.82, 2.24) is 20.2 Å². The number of hydrogen-bond donors (Lipinski definition) is 2. The maximum atomic E-state index is 14.1. The minimum Gasteiger partial charge on any atom is -0.465 e. The van der Waals surface area contributed by atoms with Gasteiger partial charge in [-0.2, -0.15) is 0 Å². The molecule has 0 aliphatic rings. The molecule has 3 rings (SSSR count). The van der Waals surface area contributed by atoms with Crippen molar-refractivity contribution < 1.29 is 28.2 Å². The van der Waals surface area contributed by atoms with Crippen LogP contribution in [0.25, 0.3) is 5.69 Å². The number of amides is 1. The fourth-order valence-corrected chi connectivity index (χ4v) is 2.62. The van der Waals surface area contributed by atoms with Crippen molar-refractivity contribution in [3.8, 4) is 5.69 Å². The minimum absolute atomic E-state index is 0.0499. The van der Waals surface area contributed by atoms with Crippen LogP contribution in [0, 0.1) is 5.82 Å². The third-order valence-electron chi connectivity index (χ3n) is 4.06. The second kappa shape index (κ2) is 9.43. The normalized spacial score (nSPS) is 10.3. The maximum absolute atomic E-state index is 14.1. The van der Waals surface area contributed by atoms with Crippen molar-refractivity contribution in [2.45, 2.75) is 0 Å². The van der Waals surface area contributed by atoms with Crippen molar-refractivity contribution in [2.75, 3.05) is 31.4 Å². The highest BCUT2D eigenvalue weighted by molar-refractivity contribution is 6.00. The first-order valence-electron chi connectivity index (χ1n) is 8.79. The van der Waals surface area contributed by atoms with Gasteiger partial charge in [-0.3, -0.25) is 4.79 Å². The lowest BCUT2D eigenvalue weighted by Crippen LogP contribution is -2.22. The van der Waals surface area contributed by atoms with E-state index in [1.54, 1.807) is 0 Å². The summed E-state index contributed by atoms with van der Waals surface area (Å²) in [4.78, 5) is 36.0. The molecule has 0 saturated heterocycles. The molecular formula is C19H17FN6O5. The number of hydrogen-bond acceptors (Lipinski definition) is 9. The summed E-state index contributed by atoms with van der Waals surface area (Å²) in [6, 6.07) is 8.09. The third kappa shape index (κ3) is 5.18. The van der Waals surface area contributed by atoms with Gasteiger partial charge in [-0.1, -0.05) is 0 Å². The number of nitrogens with one attached hydrogen (secondary N) is 2. The Morgan fingerprint density at radius 1 is 1.03 bits per heavy atom. The lowest BCUT2D eigenvalue weighted by Gasteiger charge is -2.11. The van der Waals surface area contributed by atoms with E-state index in [1.165, 1.54) is 61.6 Å². The van der Waals surface area contributed by atoms with Gasteiger partial charge in [0, 0.05) is 5.69 Å². The van der Waals surface area contributed by atoms with Crippen LogP contribution in [-0.4, -0.2) is 58.8 Å². The molecule has 0 aliphatic heterocycles. The molecule has 0 spiro atoms. The van der Waals surface area contributed by atoms with Crippen LogP contribution in [0.15, 0.2) is 42.7 Å². The van der Waals surface area contributed by atoms with E-state index in [2.05, 4.69) is 35.6 Å². The molecule has 0 aliphatic carbocycles. The van der Waals surface area contributed by atoms with E-state index in [0.717, 1.165) is 0 Å². The fourth-order valence-electron chi connectivity index (χ4n) is 2.62. The van der Waals surface area contributed by atoms with Gasteiger partial charge in [-0.15, -0.1) is 5.10 Å². The zero-order valence-corrected chi connectivity index (χ0v) is 16.5. The van der Waals surface area contributed by atoms with Crippen LogP contribution < -0.4 is 10.6 Å². The average molecular weight is 428 g/mol. The molecule has 2 aromatic carbocycles. The highest BCUT2D eigenvalue weighted by Crippen LogP contribution is 2.19. The number of ether oxygens (including phenoxy) is 2. The number of carbonyl (C=O) groups excluding carboxylic acids is 3. The monoisotopic (exact) mass is 428 g/mol. The van der Waals surface area contributed by atoms with Crippen LogP contribution >= 0.6 is 0 Å². The average Bonchev–Trinajstić information content (AvgIpc) is 3.32. The summed E-state index contributed by atoms with van der Waals surface area (Å²) in [6.45, 7) is -0.300. The first kappa shape index (κ1) is 21.4. The van der Waals surface area contributed by atoms with Crippen molar-refractivity contribution >= 4 is 29.2 Å². The molecule has 3 aromatic rings. The number of halogens is 1. The van der Waals surface area contributed by atoms with E-state index in [-0.39, 0.29) is 29.0 Å². The van der Waals surface area contributed by atoms with Crippen molar-refractivity contribution in [2.24, 2.45) is 0 Å². The molecular weight excluding hydrogens is 411 g/mol. The molecule has 160 valence electrons. The van der Waals surface area contributed by atoms with Gasteiger partial charge in [-0.05, 0) is 46.8 Å². The molecule has 0 fully saturated rings. The van der Waals surface area contributed by atoms with Crippen molar-refractivity contribution in [1.29, 1.82) is 0 Å². The molecule has 31 heavy (non-hydrogen) atoms. The molecule has 1 heterocycles. The van der Waals surface area contributed by atoms with Crippen LogP contribution in [0.2, 0.25) is 0 Å². The second-order valence-electron chi connectivity index (χ2n) is 6.10. The van der Waals surface area contributed by atoms with Gasteiger partial charge in [0.25, 0.3) is 0 Å². The summed E-state index contributed by atoms with van der Waals surface area (Å²) in [5.74, 6) is -2.52. The molecule has 0 radical (unpaired) electrons. The lowest BCUT2D eigenvalue weighted by molar-refractivity contribution is -0.114. The summed E-state index contributed by atoms with van der Waals surface area (Å²) in [6.07, 6.45) is 1.34. The molecule has 1 aromatic heterocycles. The van der Waals surface area contributed by atoms with Gasteiger partial charge in [0.15, 0.2) is 0 Å². The summed E-state index contributed by atoms with van der Waals surface area (Å²) >= 11 is 0. The van der Waals surface area contributed by atoms with Gasteiger partial charge in [-0.25, -0.2) is 18.7 Å². The molecule has 0 atom stereocenters. The Morgan fingerprint density at radius 3 is 2.29 bits per heavy atom. The van der Waals surface area contributed by atoms with Crippen LogP contribution in [0.5, 0.6) is 0 Å². The Morgan fingerprint density at radius 2 is 1.71 bits per heavy atom. The Hall–Kier alpha value is -4.35. The number of nitrogens with zero attached hydrogens (tertiary/aromatic N) is 4. The lowest BCUT2D eigenvalue weighted by atomic mass is 10.1. The summed E-state index contributed by atoms with van der Waals surface area (Å²) in [7, 11) is 2.38. The molecule has 0 saturated carbocycles. The second-order valence-corrected chi connectivity index (χ2v) is 6.10. The maximum Gasteiger partial charge on any atom is 0.337 e. The smallest absolute Gasteiger partial charge is 0.337 e. The Labute approximate surface area is 175 Å². The van der Waals surface area contributed by atoms with Crippen LogP contribution in [0.1, 0.15) is 20.7 Å². The summed E-state index contributed by atoms with van der Waals surface area (Å²) in [5.41, 5.74) is 0.810. The zero-order valence-electron chi connectivity index (χ0n) is 16.5. The van der Waals surface area contributed by atoms with Gasteiger partial charge >= 0.3 is 11.9 Å². The first-order chi connectivity index (χ1) is 14.9. The standard InChI is InChI=1S/C19H17FN6O5/c1-30-18(28)11-5-12(19(29)31-2)7-13(6-11)23-17(27)9-21-16-8-14(3-4-15(16)20)26-10-22-24-25-26/h3-8,10,21H,9H2,1-2H3,(H,23,27). The molecule has 0 unspecified atom stereocenters. The number of esters is 2. The molecule has 11 nitrogen and oxygen atoms in total. The molecule has 2 N–H and O–H groups in total. The van der Waals surface area contributed by atoms with E-state index < -0.39 is 23.7 Å². The van der Waals surface area contributed by atoms with Crippen molar-refractivity contribution in [3.63, 3.8) is 0 Å². The number of benzene rings is 2. The van der Waals surface area contributed by atoms with Gasteiger partial charge in [0.2, 0.25) is 5.91 Å². The van der Waals surface area contributed by atoms with E-state index in [1.807, 2.05) is 0 Å². The zero-order chi connectivity index (χ0) is 22.4. The predicted octanol–water partition coefficient (Wildman–Crippen LogP) is 1.43. The molecule has 12 heteroatoms. The SMILES string of the molecule is COC(=O)c1cc(NC(=O)CNc2cc(-n3cnnn3)ccc2F)cc(C(=O)OC)c1. The van der Waals surface area contributed by atoms with E-state index in [4.69, 9.17) is 0 Å². The number of aromatic nitrogens is 4. The number of carbonyl (C=O) groups is 3. The number of methoxy groups -OCH3 is 2. The number of tetrazole rings is 1. The predicted molar refractivity (Wildman–Crippen MR) is 105 cm³/mol. The highest BCUT2D eigenvalue weighted by atomic mass is 19.1. The Kier molecular flexibility index (Phi) is 6.50.